The van der Waals surface area contributed by atoms with Crippen LogP contribution < -0.4 is 0 Å². The molecule has 0 aromatic rings. The number of fused-ring (bicyclic) bond motifs is 1. The van der Waals surface area contributed by atoms with Gasteiger partial charge in [0.05, 0.1) is 6.61 Å². The van der Waals surface area contributed by atoms with Gasteiger partial charge < -0.3 is 23.7 Å². The zero-order valence-electron chi connectivity index (χ0n) is 12.6. The Hall–Kier alpha value is 0.960. The summed E-state index contributed by atoms with van der Waals surface area (Å²) in [4.78, 5) is 0. The summed E-state index contributed by atoms with van der Waals surface area (Å²) in [5.74, 6) is -1.57. The van der Waals surface area contributed by atoms with Crippen molar-refractivity contribution in [2.45, 2.75) is 72.5 Å². The first-order valence-electron chi connectivity index (χ1n) is 6.95. The maximum absolute atomic E-state index is 6.50. The van der Waals surface area contributed by atoms with Crippen LogP contribution in [0.1, 0.15) is 27.7 Å². The van der Waals surface area contributed by atoms with Gasteiger partial charge in [0.1, 0.15) is 24.4 Å². The van der Waals surface area contributed by atoms with Crippen molar-refractivity contribution in [3.8, 4) is 0 Å². The maximum atomic E-state index is 6.50. The molecule has 0 aromatic carbocycles. The molecule has 3 saturated heterocycles. The number of hydrogen-bond donors (Lipinski definition) is 0. The van der Waals surface area contributed by atoms with E-state index in [0.29, 0.717) is 6.61 Å². The van der Waals surface area contributed by atoms with E-state index in [9.17, 15) is 0 Å². The number of hydrogen-bond acceptors (Lipinski definition) is 5. The smallest absolute Gasteiger partial charge is 0.235 e. The van der Waals surface area contributed by atoms with Crippen LogP contribution >= 0.6 is 46.4 Å². The molecule has 0 aromatic heterocycles. The largest absolute Gasteiger partial charge is 0.348 e. The first kappa shape index (κ1) is 17.8. The Balaban J connectivity index is 1.90. The molecule has 128 valence electrons. The van der Waals surface area contributed by atoms with Crippen molar-refractivity contribution in [2.24, 2.45) is 0 Å². The molecule has 5 nitrogen and oxygen atoms in total. The van der Waals surface area contributed by atoms with Gasteiger partial charge in [-0.2, -0.15) is 0 Å². The Morgan fingerprint density at radius 1 is 0.864 bits per heavy atom. The molecule has 0 unspecified atom stereocenters. The molecular weight excluding hydrogens is 378 g/mol. The number of halogens is 4. The monoisotopic (exact) mass is 394 g/mol. The summed E-state index contributed by atoms with van der Waals surface area (Å²) in [5, 5.41) is -1.67. The lowest BCUT2D eigenvalue weighted by atomic mass is 10.0. The number of alkyl halides is 4. The van der Waals surface area contributed by atoms with Gasteiger partial charge >= 0.3 is 0 Å². The Kier molecular flexibility index (Phi) is 4.22. The summed E-state index contributed by atoms with van der Waals surface area (Å²) >= 11 is 24.6. The fraction of sp³-hybridized carbons (Fsp3) is 1.00. The summed E-state index contributed by atoms with van der Waals surface area (Å²) in [6.07, 6.45) is -2.23. The zero-order valence-corrected chi connectivity index (χ0v) is 15.6. The minimum absolute atomic E-state index is 0.331. The van der Waals surface area contributed by atoms with Gasteiger partial charge in [0.15, 0.2) is 11.6 Å². The predicted octanol–water partition coefficient (Wildman–Crippen LogP) is 3.36. The van der Waals surface area contributed by atoms with Gasteiger partial charge in [-0.1, -0.05) is 46.4 Å². The second kappa shape index (κ2) is 5.23. The highest BCUT2D eigenvalue weighted by Crippen LogP contribution is 2.57. The van der Waals surface area contributed by atoms with E-state index in [2.05, 4.69) is 0 Å². The fourth-order valence-corrected chi connectivity index (χ4v) is 3.77. The molecule has 0 spiro atoms. The average molecular weight is 396 g/mol. The molecule has 0 aliphatic carbocycles. The van der Waals surface area contributed by atoms with Gasteiger partial charge in [-0.05, 0) is 27.7 Å². The van der Waals surface area contributed by atoms with Crippen molar-refractivity contribution in [3.05, 3.63) is 0 Å². The van der Waals surface area contributed by atoms with E-state index in [1.54, 1.807) is 13.8 Å². The van der Waals surface area contributed by atoms with Crippen molar-refractivity contribution in [1.82, 2.24) is 0 Å². The summed E-state index contributed by atoms with van der Waals surface area (Å²) in [5.41, 5.74) is 0. The SMILES string of the molecule is CC1(C)OC[C@H]([C@H]2O[C@](Cl)(C(Cl)(Cl)Cl)[C@H]3OC(C)(C)O[C@@H]23)O1. The van der Waals surface area contributed by atoms with Crippen molar-refractivity contribution in [1.29, 1.82) is 0 Å². The Bertz CT molecular complexity index is 466. The summed E-state index contributed by atoms with van der Waals surface area (Å²) in [6.45, 7) is 7.51. The maximum Gasteiger partial charge on any atom is 0.235 e. The lowest BCUT2D eigenvalue weighted by Crippen LogP contribution is -2.48. The van der Waals surface area contributed by atoms with Crippen molar-refractivity contribution < 1.29 is 23.7 Å². The average Bonchev–Trinajstić information content (AvgIpc) is 2.91. The molecule has 3 rings (SSSR count). The molecule has 0 amide bonds. The Morgan fingerprint density at radius 2 is 1.50 bits per heavy atom. The second-order valence-corrected chi connectivity index (χ2v) is 9.46. The van der Waals surface area contributed by atoms with Crippen LogP contribution in [0.15, 0.2) is 0 Å². The predicted molar refractivity (Wildman–Crippen MR) is 82.5 cm³/mol. The van der Waals surface area contributed by atoms with E-state index in [0.717, 1.165) is 0 Å². The topological polar surface area (TPSA) is 46.2 Å². The molecule has 3 aliphatic rings. The van der Waals surface area contributed by atoms with E-state index in [-0.39, 0.29) is 0 Å². The minimum atomic E-state index is -1.90. The first-order chi connectivity index (χ1) is 9.85. The third-order valence-corrected chi connectivity index (χ3v) is 5.63. The molecule has 9 heteroatoms. The van der Waals surface area contributed by atoms with Gasteiger partial charge in [-0.15, -0.1) is 0 Å². The van der Waals surface area contributed by atoms with Crippen LogP contribution in [0.4, 0.5) is 0 Å². The van der Waals surface area contributed by atoms with E-state index < -0.39 is 44.8 Å². The minimum Gasteiger partial charge on any atom is -0.348 e. The molecule has 3 aliphatic heterocycles. The highest BCUT2D eigenvalue weighted by molar-refractivity contribution is 6.70. The third kappa shape index (κ3) is 2.87. The molecule has 22 heavy (non-hydrogen) atoms. The number of rotatable bonds is 1. The van der Waals surface area contributed by atoms with E-state index in [4.69, 9.17) is 70.1 Å². The van der Waals surface area contributed by atoms with Crippen LogP contribution in [0, 0.1) is 0 Å². The third-order valence-electron chi connectivity index (χ3n) is 3.91. The van der Waals surface area contributed by atoms with Gasteiger partial charge in [0.25, 0.3) is 0 Å². The zero-order chi connectivity index (χ0) is 16.6. The standard InChI is InChI=1S/C13H18Cl4O5/c1-10(2)18-5-6(19-10)7-8-9(22-11(3,4)20-8)12(14,21-7)13(15,16)17/h6-9H,5H2,1-4H3/t6-,7-,8+,9+,12+/m1/s1. The fourth-order valence-electron chi connectivity index (χ4n) is 3.04. The van der Waals surface area contributed by atoms with Gasteiger partial charge in [0, 0.05) is 0 Å². The van der Waals surface area contributed by atoms with Crippen LogP contribution in [-0.4, -0.2) is 51.4 Å². The van der Waals surface area contributed by atoms with Gasteiger partial charge in [-0.25, -0.2) is 0 Å². The number of ether oxygens (including phenoxy) is 5. The van der Waals surface area contributed by atoms with E-state index in [1.807, 2.05) is 13.8 Å². The van der Waals surface area contributed by atoms with Crippen LogP contribution in [0.5, 0.6) is 0 Å². The highest BCUT2D eigenvalue weighted by atomic mass is 35.6. The molecule has 3 fully saturated rings. The van der Waals surface area contributed by atoms with Gasteiger partial charge in [-0.3, -0.25) is 0 Å². The molecule has 0 saturated carbocycles. The molecule has 3 heterocycles. The van der Waals surface area contributed by atoms with Crippen molar-refractivity contribution in [3.63, 3.8) is 0 Å². The first-order valence-corrected chi connectivity index (χ1v) is 8.47. The second-order valence-electron chi connectivity index (χ2n) is 6.61. The molecule has 0 radical (unpaired) electrons. The Labute approximate surface area is 149 Å². The van der Waals surface area contributed by atoms with Gasteiger partial charge in [0.2, 0.25) is 8.85 Å². The molecular formula is C13H18Cl4O5. The summed E-state index contributed by atoms with van der Waals surface area (Å²) in [6, 6.07) is 0. The van der Waals surface area contributed by atoms with Crippen molar-refractivity contribution in [2.75, 3.05) is 6.61 Å². The lowest BCUT2D eigenvalue weighted by Gasteiger charge is -2.34. The molecule has 0 N–H and O–H groups in total. The van der Waals surface area contributed by atoms with Crippen LogP contribution in [0.3, 0.4) is 0 Å². The highest BCUT2D eigenvalue weighted by Gasteiger charge is 2.71. The Morgan fingerprint density at radius 3 is 2.00 bits per heavy atom. The van der Waals surface area contributed by atoms with Crippen LogP contribution in [0.2, 0.25) is 0 Å². The lowest BCUT2D eigenvalue weighted by molar-refractivity contribution is -0.212. The normalized spacial score (nSPS) is 46.9. The quantitative estimate of drug-likeness (QED) is 0.637. The van der Waals surface area contributed by atoms with E-state index in [1.165, 1.54) is 0 Å². The van der Waals surface area contributed by atoms with E-state index >= 15 is 0 Å². The summed E-state index contributed by atoms with van der Waals surface area (Å²) < 4.78 is 27.1. The van der Waals surface area contributed by atoms with Crippen LogP contribution in [-0.2, 0) is 23.7 Å². The summed E-state index contributed by atoms with van der Waals surface area (Å²) in [7, 11) is 0. The van der Waals surface area contributed by atoms with Crippen LogP contribution in [0.25, 0.3) is 0 Å². The molecule has 0 bridgehead atoms. The molecule has 5 atom stereocenters. The van der Waals surface area contributed by atoms with Crippen molar-refractivity contribution >= 4 is 46.4 Å².